The lowest BCUT2D eigenvalue weighted by Gasteiger charge is -2.61. The predicted octanol–water partition coefficient (Wildman–Crippen LogP) is 13.1. The Hall–Kier alpha value is 0. The molecule has 0 heterocycles. The van der Waals surface area contributed by atoms with Gasteiger partial charge in [0.2, 0.25) is 0 Å². The summed E-state index contributed by atoms with van der Waals surface area (Å²) in [5.41, 5.74) is 1.39. The van der Waals surface area contributed by atoms with E-state index in [9.17, 15) is 0 Å². The van der Waals surface area contributed by atoms with Gasteiger partial charge in [-0.25, -0.2) is 0 Å². The van der Waals surface area contributed by atoms with Gasteiger partial charge in [0.05, 0.1) is 0 Å². The van der Waals surface area contributed by atoms with Gasteiger partial charge in [-0.15, -0.1) is 0 Å². The number of rotatable bonds is 9. The van der Waals surface area contributed by atoms with Crippen LogP contribution in [0.4, 0.5) is 0 Å². The highest BCUT2D eigenvalue weighted by molar-refractivity contribution is 5.09. The van der Waals surface area contributed by atoms with Crippen molar-refractivity contribution < 1.29 is 0 Å². The number of hydrogen-bond acceptors (Lipinski definition) is 0. The Morgan fingerprint density at radius 3 is 1.79 bits per heavy atom. The summed E-state index contributed by atoms with van der Waals surface area (Å²) in [4.78, 5) is 0. The summed E-state index contributed by atoms with van der Waals surface area (Å²) in [5.74, 6) is 8.05. The van der Waals surface area contributed by atoms with Crippen molar-refractivity contribution in [3.05, 3.63) is 0 Å². The molecule has 7 unspecified atom stereocenters. The van der Waals surface area contributed by atoms with Crippen LogP contribution in [-0.4, -0.2) is 0 Å². The van der Waals surface area contributed by atoms with E-state index in [0.717, 1.165) is 47.3 Å². The average Bonchev–Trinajstić information content (AvgIpc) is 3.24. The van der Waals surface area contributed by atoms with Crippen molar-refractivity contribution in [2.24, 2.45) is 58.2 Å². The van der Waals surface area contributed by atoms with Crippen LogP contribution in [0.5, 0.6) is 0 Å². The first kappa shape index (κ1) is 34.2. The van der Waals surface area contributed by atoms with Gasteiger partial charge in [0.1, 0.15) is 0 Å². The van der Waals surface area contributed by atoms with Crippen molar-refractivity contribution in [2.45, 2.75) is 185 Å². The van der Waals surface area contributed by atoms with Gasteiger partial charge in [0, 0.05) is 0 Å². The summed E-state index contributed by atoms with van der Waals surface area (Å²) in [6.07, 6.45) is 26.8. The van der Waals surface area contributed by atoms with Crippen LogP contribution in [0.1, 0.15) is 185 Å². The molecule has 0 aromatic rings. The van der Waals surface area contributed by atoms with E-state index in [1.807, 2.05) is 0 Å². The van der Waals surface area contributed by atoms with Crippen LogP contribution in [0.25, 0.3) is 0 Å². The minimum Gasteiger partial charge on any atom is -0.0654 e. The highest BCUT2D eigenvalue weighted by Gasteiger charge is 2.60. The van der Waals surface area contributed by atoms with Crippen molar-refractivity contribution in [1.29, 1.82) is 0 Å². The van der Waals surface area contributed by atoms with Crippen LogP contribution in [0.3, 0.4) is 0 Å². The lowest BCUT2D eigenvalue weighted by atomic mass is 9.44. The van der Waals surface area contributed by atoms with Crippen molar-refractivity contribution in [3.8, 4) is 0 Å². The maximum atomic E-state index is 2.76. The van der Waals surface area contributed by atoms with Crippen LogP contribution in [0.15, 0.2) is 0 Å². The quantitative estimate of drug-likeness (QED) is 0.260. The maximum Gasteiger partial charge on any atom is -0.0264 e. The smallest absolute Gasteiger partial charge is 0.0264 e. The molecule has 0 amide bonds. The zero-order valence-corrected chi connectivity index (χ0v) is 28.3. The van der Waals surface area contributed by atoms with E-state index < -0.39 is 0 Å². The predicted molar refractivity (Wildman–Crippen MR) is 173 cm³/mol. The monoisotopic (exact) mass is 531 g/mol. The van der Waals surface area contributed by atoms with Crippen molar-refractivity contribution in [1.82, 2.24) is 0 Å². The highest BCUT2D eigenvalue weighted by Crippen LogP contribution is 2.68. The third kappa shape index (κ3) is 8.75. The Labute approximate surface area is 242 Å². The molecule has 38 heavy (non-hydrogen) atoms. The molecule has 4 aliphatic rings. The van der Waals surface area contributed by atoms with E-state index in [1.54, 1.807) is 51.4 Å². The fourth-order valence-electron chi connectivity index (χ4n) is 10.1. The molecular weight excluding hydrogens is 456 g/mol. The Kier molecular flexibility index (Phi) is 14.8. The molecule has 0 heteroatoms. The molecule has 0 aromatic carbocycles. The third-order valence-electron chi connectivity index (χ3n) is 12.4. The summed E-state index contributed by atoms with van der Waals surface area (Å²) < 4.78 is 0. The first-order chi connectivity index (χ1) is 18.0. The van der Waals surface area contributed by atoms with Crippen LogP contribution in [-0.2, 0) is 0 Å². The van der Waals surface area contributed by atoms with E-state index in [0.29, 0.717) is 10.8 Å². The summed E-state index contributed by atoms with van der Waals surface area (Å²) in [6.45, 7) is 24.0. The van der Waals surface area contributed by atoms with Gasteiger partial charge in [0.25, 0.3) is 0 Å². The van der Waals surface area contributed by atoms with Crippen LogP contribution < -0.4 is 0 Å². The van der Waals surface area contributed by atoms with Gasteiger partial charge in [-0.05, 0) is 110 Å². The summed E-state index contributed by atoms with van der Waals surface area (Å²) in [6, 6.07) is 0. The summed E-state index contributed by atoms with van der Waals surface area (Å²) >= 11 is 0. The van der Waals surface area contributed by atoms with Crippen molar-refractivity contribution >= 4 is 0 Å². The SMILES string of the molecule is CC(C)CCCC[C@@H](C)C1CCC2C3CCC4CCCCC4(C)C3CCC21C.CCCC.CCCC(C)C. The molecule has 0 nitrogen and oxygen atoms in total. The van der Waals surface area contributed by atoms with E-state index in [2.05, 4.69) is 69.2 Å². The Balaban J connectivity index is 0.000000435. The summed E-state index contributed by atoms with van der Waals surface area (Å²) in [7, 11) is 0. The normalized spacial score (nSPS) is 36.8. The molecule has 0 bridgehead atoms. The second-order valence-electron chi connectivity index (χ2n) is 16.0. The minimum atomic E-state index is 0.677. The van der Waals surface area contributed by atoms with Gasteiger partial charge in [-0.2, -0.15) is 0 Å². The second-order valence-corrected chi connectivity index (χ2v) is 16.0. The fourth-order valence-corrected chi connectivity index (χ4v) is 10.1. The molecule has 4 saturated carbocycles. The molecule has 0 aromatic heterocycles. The molecule has 4 aliphatic carbocycles. The van der Waals surface area contributed by atoms with Gasteiger partial charge in [-0.3, -0.25) is 0 Å². The molecular formula is C38H74. The van der Waals surface area contributed by atoms with Crippen LogP contribution in [0.2, 0.25) is 0 Å². The third-order valence-corrected chi connectivity index (χ3v) is 12.4. The Morgan fingerprint density at radius 1 is 0.579 bits per heavy atom. The molecule has 0 aliphatic heterocycles. The highest BCUT2D eigenvalue weighted by atomic mass is 14.6. The maximum absolute atomic E-state index is 2.76. The van der Waals surface area contributed by atoms with Crippen LogP contribution in [0, 0.1) is 58.2 Å². The first-order valence-electron chi connectivity index (χ1n) is 18.0. The lowest BCUT2D eigenvalue weighted by Crippen LogP contribution is -2.53. The largest absolute Gasteiger partial charge is 0.0654 e. The molecule has 0 radical (unpaired) electrons. The van der Waals surface area contributed by atoms with Gasteiger partial charge < -0.3 is 0 Å². The van der Waals surface area contributed by atoms with E-state index in [-0.39, 0.29) is 0 Å². The molecule has 226 valence electrons. The summed E-state index contributed by atoms with van der Waals surface area (Å²) in [5, 5.41) is 0. The molecule has 4 fully saturated rings. The molecule has 0 saturated heterocycles. The fraction of sp³-hybridized carbons (Fsp3) is 1.00. The zero-order chi connectivity index (χ0) is 28.3. The second kappa shape index (κ2) is 16.4. The molecule has 8 atom stereocenters. The molecule has 0 N–H and O–H groups in total. The number of hydrogen-bond donors (Lipinski definition) is 0. The lowest BCUT2D eigenvalue weighted by molar-refractivity contribution is -0.114. The molecule has 4 rings (SSSR count). The Bertz CT molecular complexity index is 616. The topological polar surface area (TPSA) is 0 Å². The van der Waals surface area contributed by atoms with Gasteiger partial charge >= 0.3 is 0 Å². The van der Waals surface area contributed by atoms with Crippen LogP contribution >= 0.6 is 0 Å². The number of unbranched alkanes of at least 4 members (excludes halogenated alkanes) is 2. The van der Waals surface area contributed by atoms with Crippen molar-refractivity contribution in [3.63, 3.8) is 0 Å². The van der Waals surface area contributed by atoms with Crippen molar-refractivity contribution in [2.75, 3.05) is 0 Å². The average molecular weight is 531 g/mol. The first-order valence-corrected chi connectivity index (χ1v) is 18.0. The zero-order valence-electron chi connectivity index (χ0n) is 28.3. The Morgan fingerprint density at radius 2 is 1.21 bits per heavy atom. The van der Waals surface area contributed by atoms with Gasteiger partial charge in [-0.1, -0.05) is 133 Å². The van der Waals surface area contributed by atoms with E-state index in [4.69, 9.17) is 0 Å². The molecule has 0 spiro atoms. The van der Waals surface area contributed by atoms with E-state index >= 15 is 0 Å². The minimum absolute atomic E-state index is 0.677. The van der Waals surface area contributed by atoms with Gasteiger partial charge in [0.15, 0.2) is 0 Å². The van der Waals surface area contributed by atoms with E-state index in [1.165, 1.54) is 64.2 Å². The standard InChI is InChI=1S/C28H50.C6H14.C4H10/c1-20(2)10-6-7-11-21(3)24-15-16-25-23-14-13-22-12-8-9-18-27(22,4)26(23)17-19-28(24,25)5;1-4-5-6(2)3;1-3-4-2/h20-26H,6-19H2,1-5H3;6H,4-5H2,1-3H3;3-4H2,1-2H3/t21-,22?,23?,24?,25?,26?,27?,28?;;/m1../s1. The number of fused-ring (bicyclic) bond motifs is 5.